The lowest BCUT2D eigenvalue weighted by molar-refractivity contribution is -0.137. The monoisotopic (exact) mass is 372 g/mol. The molecule has 0 radical (unpaired) electrons. The number of esters is 1. The Hall–Kier alpha value is -3.46. The summed E-state index contributed by atoms with van der Waals surface area (Å²) in [5.41, 5.74) is 6.67. The lowest BCUT2D eigenvalue weighted by atomic mass is 10.2. The van der Waals surface area contributed by atoms with E-state index in [0.29, 0.717) is 10.7 Å². The molecule has 0 aliphatic carbocycles. The summed E-state index contributed by atoms with van der Waals surface area (Å²) in [6, 6.07) is 7.05. The molecule has 1 aromatic carbocycles. The van der Waals surface area contributed by atoms with Crippen LogP contribution in [0.3, 0.4) is 0 Å². The van der Waals surface area contributed by atoms with Gasteiger partial charge in [0.2, 0.25) is 0 Å². The quantitative estimate of drug-likeness (QED) is 0.400. The maximum Gasteiger partial charge on any atom is 0.353 e. The summed E-state index contributed by atoms with van der Waals surface area (Å²) in [5.74, 6) is -2.19. The fourth-order valence-corrected chi connectivity index (χ4v) is 2.59. The minimum atomic E-state index is -0.801. The van der Waals surface area contributed by atoms with Crippen LogP contribution in [0.15, 0.2) is 54.2 Å². The van der Waals surface area contributed by atoms with Crippen LogP contribution in [0.4, 0.5) is 5.69 Å². The molecule has 0 unspecified atom stereocenters. The number of carbonyl (C=O) groups is 3. The molecule has 0 saturated heterocycles. The Bertz CT molecular complexity index is 886. The van der Waals surface area contributed by atoms with E-state index >= 15 is 0 Å². The third-order valence-electron chi connectivity index (χ3n) is 3.13. The highest BCUT2D eigenvalue weighted by molar-refractivity contribution is 7.13. The highest BCUT2D eigenvalue weighted by atomic mass is 32.1. The molecule has 0 spiro atoms. The minimum Gasteiger partial charge on any atom is -0.464 e. The van der Waals surface area contributed by atoms with Gasteiger partial charge in [0.1, 0.15) is 16.4 Å². The molecule has 134 valence electrons. The Morgan fingerprint density at radius 2 is 1.77 bits per heavy atom. The number of thiazole rings is 1. The topological polar surface area (TPSA) is 123 Å². The number of aromatic nitrogens is 1. The first kappa shape index (κ1) is 18.9. The van der Waals surface area contributed by atoms with Crippen LogP contribution in [0.1, 0.15) is 10.5 Å². The van der Waals surface area contributed by atoms with Crippen LogP contribution in [-0.2, 0) is 14.3 Å². The first-order chi connectivity index (χ1) is 12.3. The van der Waals surface area contributed by atoms with Gasteiger partial charge in [-0.25, -0.2) is 9.78 Å². The number of ether oxygens (including phenoxy) is 1. The van der Waals surface area contributed by atoms with Crippen molar-refractivity contribution >= 4 is 34.8 Å². The first-order valence-electron chi connectivity index (χ1n) is 7.22. The van der Waals surface area contributed by atoms with Gasteiger partial charge in [-0.05, 0) is 24.3 Å². The van der Waals surface area contributed by atoms with Crippen molar-refractivity contribution in [3.05, 3.63) is 59.9 Å². The average Bonchev–Trinajstić information content (AvgIpc) is 3.11. The van der Waals surface area contributed by atoms with E-state index in [4.69, 9.17) is 5.73 Å². The molecule has 0 saturated carbocycles. The fourth-order valence-electron chi connectivity index (χ4n) is 1.78. The second-order valence-corrected chi connectivity index (χ2v) is 5.87. The third-order valence-corrected chi connectivity index (χ3v) is 4.02. The van der Waals surface area contributed by atoms with Crippen molar-refractivity contribution in [2.45, 2.75) is 0 Å². The number of carbonyl (C=O) groups excluding carboxylic acids is 3. The molecule has 0 aliphatic heterocycles. The standard InChI is InChI=1S/C17H16N4O4S/c1-9(14(22)20-10(2)17(24)25-3)19-15(23)13-8-26-16(21-13)11-4-6-12(18)7-5-11/h4-8H,1-2,18H2,3H3,(H,19,23)(H,20,22). The minimum absolute atomic E-state index is 0.127. The normalized spacial score (nSPS) is 9.88. The van der Waals surface area contributed by atoms with Crippen molar-refractivity contribution in [2.75, 3.05) is 12.8 Å². The molecule has 9 heteroatoms. The van der Waals surface area contributed by atoms with Crippen molar-refractivity contribution in [1.29, 1.82) is 0 Å². The zero-order valence-electron chi connectivity index (χ0n) is 13.9. The van der Waals surface area contributed by atoms with E-state index in [2.05, 4.69) is 33.5 Å². The first-order valence-corrected chi connectivity index (χ1v) is 8.10. The number of nitrogen functional groups attached to an aromatic ring is 1. The van der Waals surface area contributed by atoms with Crippen LogP contribution < -0.4 is 16.4 Å². The van der Waals surface area contributed by atoms with E-state index in [0.717, 1.165) is 12.7 Å². The molecule has 2 aromatic rings. The number of amides is 2. The summed E-state index contributed by atoms with van der Waals surface area (Å²) in [4.78, 5) is 39.5. The Balaban J connectivity index is 2.00. The number of anilines is 1. The molecule has 0 atom stereocenters. The Morgan fingerprint density at radius 3 is 2.38 bits per heavy atom. The van der Waals surface area contributed by atoms with Crippen molar-refractivity contribution in [3.8, 4) is 10.6 Å². The second kappa shape index (κ2) is 8.08. The molecular formula is C17H16N4O4S. The van der Waals surface area contributed by atoms with Gasteiger partial charge in [-0.2, -0.15) is 0 Å². The van der Waals surface area contributed by atoms with Crippen molar-refractivity contribution in [1.82, 2.24) is 15.6 Å². The Morgan fingerprint density at radius 1 is 1.12 bits per heavy atom. The predicted molar refractivity (Wildman–Crippen MR) is 97.9 cm³/mol. The molecule has 2 amide bonds. The number of hydrogen-bond donors (Lipinski definition) is 3. The van der Waals surface area contributed by atoms with Gasteiger partial charge in [-0.15, -0.1) is 11.3 Å². The van der Waals surface area contributed by atoms with E-state index in [9.17, 15) is 14.4 Å². The summed E-state index contributed by atoms with van der Waals surface area (Å²) in [6.07, 6.45) is 0. The molecule has 0 bridgehead atoms. The lowest BCUT2D eigenvalue weighted by Gasteiger charge is -2.09. The van der Waals surface area contributed by atoms with E-state index < -0.39 is 17.8 Å². The van der Waals surface area contributed by atoms with Gasteiger partial charge >= 0.3 is 5.97 Å². The Kier molecular flexibility index (Phi) is 5.86. The number of nitrogens with one attached hydrogen (secondary N) is 2. The second-order valence-electron chi connectivity index (χ2n) is 5.02. The van der Waals surface area contributed by atoms with E-state index in [-0.39, 0.29) is 17.1 Å². The number of nitrogens with zero attached hydrogens (tertiary/aromatic N) is 1. The highest BCUT2D eigenvalue weighted by Crippen LogP contribution is 2.24. The van der Waals surface area contributed by atoms with Crippen molar-refractivity contribution < 1.29 is 19.1 Å². The van der Waals surface area contributed by atoms with Gasteiger partial charge in [-0.1, -0.05) is 13.2 Å². The van der Waals surface area contributed by atoms with Gasteiger partial charge in [0.25, 0.3) is 11.8 Å². The molecule has 8 nitrogen and oxygen atoms in total. The summed E-state index contributed by atoms with van der Waals surface area (Å²) >= 11 is 1.27. The van der Waals surface area contributed by atoms with Gasteiger partial charge in [0.15, 0.2) is 0 Å². The summed E-state index contributed by atoms with van der Waals surface area (Å²) in [7, 11) is 1.15. The van der Waals surface area contributed by atoms with E-state index in [1.807, 2.05) is 0 Å². The predicted octanol–water partition coefficient (Wildman–Crippen LogP) is 1.44. The third kappa shape index (κ3) is 4.54. The molecule has 1 heterocycles. The fraction of sp³-hybridized carbons (Fsp3) is 0.0588. The summed E-state index contributed by atoms with van der Waals surface area (Å²) in [6.45, 7) is 6.81. The zero-order valence-corrected chi connectivity index (χ0v) is 14.7. The lowest BCUT2D eigenvalue weighted by Crippen LogP contribution is -2.35. The summed E-state index contributed by atoms with van der Waals surface area (Å²) in [5, 5.41) is 6.67. The van der Waals surface area contributed by atoms with Gasteiger partial charge in [0, 0.05) is 16.6 Å². The molecule has 0 fully saturated rings. The Labute approximate surface area is 153 Å². The van der Waals surface area contributed by atoms with E-state index in [1.54, 1.807) is 29.6 Å². The average molecular weight is 372 g/mol. The summed E-state index contributed by atoms with van der Waals surface area (Å²) < 4.78 is 4.41. The SMILES string of the molecule is C=C(NC(=O)c1csc(-c2ccc(N)cc2)n1)C(=O)NC(=C)C(=O)OC. The molecular weight excluding hydrogens is 356 g/mol. The highest BCUT2D eigenvalue weighted by Gasteiger charge is 2.18. The number of methoxy groups -OCH3 is 1. The molecule has 2 rings (SSSR count). The van der Waals surface area contributed by atoms with Crippen LogP contribution in [0.5, 0.6) is 0 Å². The largest absolute Gasteiger partial charge is 0.464 e. The molecule has 1 aromatic heterocycles. The van der Waals surface area contributed by atoms with Gasteiger partial charge in [0.05, 0.1) is 12.8 Å². The number of nitrogens with two attached hydrogens (primary N) is 1. The zero-order chi connectivity index (χ0) is 19.3. The van der Waals surface area contributed by atoms with Crippen LogP contribution in [0.2, 0.25) is 0 Å². The van der Waals surface area contributed by atoms with E-state index in [1.165, 1.54) is 11.3 Å². The molecule has 4 N–H and O–H groups in total. The van der Waals surface area contributed by atoms with Crippen LogP contribution in [0, 0.1) is 0 Å². The van der Waals surface area contributed by atoms with Crippen LogP contribution in [-0.4, -0.2) is 29.9 Å². The number of benzene rings is 1. The van der Waals surface area contributed by atoms with Gasteiger partial charge < -0.3 is 21.1 Å². The maximum absolute atomic E-state index is 12.2. The number of rotatable bonds is 6. The molecule has 0 aliphatic rings. The molecule has 26 heavy (non-hydrogen) atoms. The van der Waals surface area contributed by atoms with Gasteiger partial charge in [-0.3, -0.25) is 9.59 Å². The smallest absolute Gasteiger partial charge is 0.353 e. The van der Waals surface area contributed by atoms with Crippen LogP contribution in [0.25, 0.3) is 10.6 Å². The maximum atomic E-state index is 12.2. The van der Waals surface area contributed by atoms with Crippen molar-refractivity contribution in [3.63, 3.8) is 0 Å². The van der Waals surface area contributed by atoms with Crippen LogP contribution >= 0.6 is 11.3 Å². The number of hydrogen-bond acceptors (Lipinski definition) is 7. The van der Waals surface area contributed by atoms with Crippen molar-refractivity contribution in [2.24, 2.45) is 0 Å².